The fourth-order valence-electron chi connectivity index (χ4n) is 1.08. The molecule has 1 aromatic rings. The van der Waals surface area contributed by atoms with Crippen molar-refractivity contribution in [2.24, 2.45) is 0 Å². The fraction of sp³-hybridized carbons (Fsp3) is 0.300. The second-order valence-electron chi connectivity index (χ2n) is 3.17. The van der Waals surface area contributed by atoms with Crippen LogP contribution in [0.1, 0.15) is 13.3 Å². The minimum Gasteiger partial charge on any atom is -0.473 e. The molecule has 0 aromatic heterocycles. The first-order valence-corrected chi connectivity index (χ1v) is 7.00. The van der Waals surface area contributed by atoms with Gasteiger partial charge in [-0.3, -0.25) is 0 Å². The van der Waals surface area contributed by atoms with Crippen molar-refractivity contribution in [3.8, 4) is 11.8 Å². The normalized spacial score (nSPS) is 12.8. The van der Waals surface area contributed by atoms with E-state index in [1.165, 1.54) is 0 Å². The highest BCUT2D eigenvalue weighted by molar-refractivity contribution is 8.13. The Morgan fingerprint density at radius 3 is 2.65 bits per heavy atom. The van der Waals surface area contributed by atoms with Gasteiger partial charge in [-0.1, -0.05) is 6.92 Å². The number of nitriles is 1. The molecule has 1 atom stereocenters. The lowest BCUT2D eigenvalue weighted by atomic mass is 10.3. The van der Waals surface area contributed by atoms with Crippen LogP contribution in [0.25, 0.3) is 0 Å². The van der Waals surface area contributed by atoms with Crippen molar-refractivity contribution in [1.82, 2.24) is 0 Å². The summed E-state index contributed by atoms with van der Waals surface area (Å²) in [7, 11) is 1.09. The SMILES string of the molecule is CCC(C#N)Oc1ccc(S(=O)(=O)Cl)cc1F. The zero-order valence-corrected chi connectivity index (χ0v) is 10.4. The molecular weight excluding hydrogens is 269 g/mol. The molecule has 0 saturated carbocycles. The molecule has 0 N–H and O–H groups in total. The van der Waals surface area contributed by atoms with Gasteiger partial charge in [0.05, 0.1) is 4.90 Å². The smallest absolute Gasteiger partial charge is 0.261 e. The molecular formula is C10H9ClFNO3S. The molecule has 0 amide bonds. The predicted octanol–water partition coefficient (Wildman–Crippen LogP) is 2.43. The lowest BCUT2D eigenvalue weighted by Crippen LogP contribution is -2.13. The van der Waals surface area contributed by atoms with Crippen LogP contribution in [-0.2, 0) is 9.05 Å². The van der Waals surface area contributed by atoms with Crippen LogP contribution in [0.15, 0.2) is 23.1 Å². The van der Waals surface area contributed by atoms with E-state index in [1.807, 2.05) is 6.07 Å². The van der Waals surface area contributed by atoms with Gasteiger partial charge < -0.3 is 4.74 Å². The Bertz CT molecular complexity index is 553. The molecule has 0 bridgehead atoms. The summed E-state index contributed by atoms with van der Waals surface area (Å²) in [5.41, 5.74) is 0. The van der Waals surface area contributed by atoms with Crippen molar-refractivity contribution < 1.29 is 17.5 Å². The summed E-state index contributed by atoms with van der Waals surface area (Å²) in [5, 5.41) is 8.65. The highest BCUT2D eigenvalue weighted by Crippen LogP contribution is 2.24. The predicted molar refractivity (Wildman–Crippen MR) is 59.8 cm³/mol. The van der Waals surface area contributed by atoms with Crippen LogP contribution < -0.4 is 4.74 Å². The highest BCUT2D eigenvalue weighted by Gasteiger charge is 2.15. The van der Waals surface area contributed by atoms with Gasteiger partial charge in [0.2, 0.25) is 0 Å². The number of hydrogen-bond acceptors (Lipinski definition) is 4. The molecule has 0 fully saturated rings. The molecule has 1 rings (SSSR count). The van der Waals surface area contributed by atoms with Crippen LogP contribution in [-0.4, -0.2) is 14.5 Å². The second-order valence-corrected chi connectivity index (χ2v) is 5.74. The quantitative estimate of drug-likeness (QED) is 0.793. The van der Waals surface area contributed by atoms with E-state index in [1.54, 1.807) is 6.92 Å². The van der Waals surface area contributed by atoms with E-state index in [-0.39, 0.29) is 10.6 Å². The van der Waals surface area contributed by atoms with Crippen LogP contribution in [0.2, 0.25) is 0 Å². The van der Waals surface area contributed by atoms with E-state index in [4.69, 9.17) is 20.7 Å². The number of rotatable bonds is 4. The van der Waals surface area contributed by atoms with Crippen molar-refractivity contribution >= 4 is 19.7 Å². The molecule has 92 valence electrons. The first kappa shape index (κ1) is 13.7. The largest absolute Gasteiger partial charge is 0.473 e. The summed E-state index contributed by atoms with van der Waals surface area (Å²) in [5.74, 6) is -1.05. The van der Waals surface area contributed by atoms with Crippen LogP contribution in [0.3, 0.4) is 0 Å². The monoisotopic (exact) mass is 277 g/mol. The van der Waals surface area contributed by atoms with Gasteiger partial charge in [-0.05, 0) is 24.6 Å². The van der Waals surface area contributed by atoms with Crippen molar-refractivity contribution in [2.45, 2.75) is 24.3 Å². The minimum atomic E-state index is -3.97. The first-order chi connectivity index (χ1) is 7.88. The number of hydrogen-bond donors (Lipinski definition) is 0. The number of benzene rings is 1. The zero-order chi connectivity index (χ0) is 13.1. The van der Waals surface area contributed by atoms with Crippen LogP contribution in [0.4, 0.5) is 4.39 Å². The molecule has 0 spiro atoms. The van der Waals surface area contributed by atoms with Gasteiger partial charge in [0, 0.05) is 10.7 Å². The average Bonchev–Trinajstić information content (AvgIpc) is 2.26. The van der Waals surface area contributed by atoms with Crippen molar-refractivity contribution in [3.63, 3.8) is 0 Å². The summed E-state index contributed by atoms with van der Waals surface area (Å²) >= 11 is 0. The van der Waals surface area contributed by atoms with Gasteiger partial charge in [0.1, 0.15) is 6.07 Å². The average molecular weight is 278 g/mol. The Balaban J connectivity index is 3.03. The molecule has 4 nitrogen and oxygen atoms in total. The highest BCUT2D eigenvalue weighted by atomic mass is 35.7. The van der Waals surface area contributed by atoms with Gasteiger partial charge in [-0.25, -0.2) is 12.8 Å². The van der Waals surface area contributed by atoms with Crippen molar-refractivity contribution in [1.29, 1.82) is 5.26 Å². The number of nitrogens with zero attached hydrogens (tertiary/aromatic N) is 1. The molecule has 7 heteroatoms. The summed E-state index contributed by atoms with van der Waals surface area (Å²) < 4.78 is 40.4. The molecule has 0 aliphatic carbocycles. The topological polar surface area (TPSA) is 67.2 Å². The van der Waals surface area contributed by atoms with Crippen LogP contribution >= 0.6 is 10.7 Å². The molecule has 1 unspecified atom stereocenters. The van der Waals surface area contributed by atoms with Crippen molar-refractivity contribution in [2.75, 3.05) is 0 Å². The number of halogens is 2. The maximum absolute atomic E-state index is 13.5. The third kappa shape index (κ3) is 3.58. The molecule has 1 aromatic carbocycles. The van der Waals surface area contributed by atoms with Crippen LogP contribution in [0, 0.1) is 17.1 Å². The van der Waals surface area contributed by atoms with E-state index < -0.39 is 21.0 Å². The van der Waals surface area contributed by atoms with Crippen LogP contribution in [0.5, 0.6) is 5.75 Å². The van der Waals surface area contributed by atoms with Crippen molar-refractivity contribution in [3.05, 3.63) is 24.0 Å². The fourth-order valence-corrected chi connectivity index (χ4v) is 1.85. The molecule has 0 aliphatic rings. The molecule has 0 radical (unpaired) electrons. The van der Waals surface area contributed by atoms with E-state index >= 15 is 0 Å². The number of ether oxygens (including phenoxy) is 1. The van der Waals surface area contributed by atoms with Gasteiger partial charge in [0.25, 0.3) is 9.05 Å². The Morgan fingerprint density at radius 1 is 1.59 bits per heavy atom. The Labute approximate surface area is 103 Å². The Hall–Kier alpha value is -1.32. The summed E-state index contributed by atoms with van der Waals surface area (Å²) in [6.07, 6.45) is -0.381. The van der Waals surface area contributed by atoms with E-state index in [2.05, 4.69) is 0 Å². The Morgan fingerprint density at radius 2 is 2.24 bits per heavy atom. The summed E-state index contributed by atoms with van der Waals surface area (Å²) in [6.45, 7) is 1.71. The minimum absolute atomic E-state index is 0.178. The van der Waals surface area contributed by atoms with Gasteiger partial charge in [-0.15, -0.1) is 0 Å². The standard InChI is InChI=1S/C10H9ClFNO3S/c1-2-7(6-13)16-10-4-3-8(5-9(10)12)17(11,14)15/h3-5,7H,2H2,1H3. The van der Waals surface area contributed by atoms with Gasteiger partial charge >= 0.3 is 0 Å². The molecule has 0 heterocycles. The third-order valence-corrected chi connectivity index (χ3v) is 3.32. The van der Waals surface area contributed by atoms with E-state index in [0.717, 1.165) is 18.2 Å². The third-order valence-electron chi connectivity index (χ3n) is 1.97. The maximum atomic E-state index is 13.5. The van der Waals surface area contributed by atoms with Gasteiger partial charge in [-0.2, -0.15) is 5.26 Å². The lowest BCUT2D eigenvalue weighted by Gasteiger charge is -2.11. The van der Waals surface area contributed by atoms with E-state index in [0.29, 0.717) is 6.42 Å². The van der Waals surface area contributed by atoms with Gasteiger partial charge in [0.15, 0.2) is 17.7 Å². The first-order valence-electron chi connectivity index (χ1n) is 4.69. The second kappa shape index (κ2) is 5.34. The summed E-state index contributed by atoms with van der Waals surface area (Å²) in [6, 6.07) is 4.84. The summed E-state index contributed by atoms with van der Waals surface area (Å²) in [4.78, 5) is -0.353. The zero-order valence-electron chi connectivity index (χ0n) is 8.85. The molecule has 0 aliphatic heterocycles. The lowest BCUT2D eigenvalue weighted by molar-refractivity contribution is 0.240. The molecule has 17 heavy (non-hydrogen) atoms. The Kier molecular flexibility index (Phi) is 4.32. The molecule has 0 saturated heterocycles. The maximum Gasteiger partial charge on any atom is 0.261 e. The van der Waals surface area contributed by atoms with E-state index in [9.17, 15) is 12.8 Å².